The lowest BCUT2D eigenvalue weighted by Gasteiger charge is -2.16. The summed E-state index contributed by atoms with van der Waals surface area (Å²) in [6.45, 7) is 8.09. The minimum atomic E-state index is 0. The van der Waals surface area contributed by atoms with Crippen LogP contribution in [0.2, 0.25) is 0 Å². The molecule has 0 aliphatic carbocycles. The molecule has 2 heterocycles. The number of benzene rings is 1. The molecule has 0 amide bonds. The number of aliphatic imine (C=N–C) groups is 1. The Balaban J connectivity index is 0.00000300. The topological polar surface area (TPSA) is 54.9 Å². The summed E-state index contributed by atoms with van der Waals surface area (Å²) < 4.78 is 11.6. The first-order valence-corrected chi connectivity index (χ1v) is 10.8. The Morgan fingerprint density at radius 1 is 1.21 bits per heavy atom. The molecule has 1 aromatic heterocycles. The predicted molar refractivity (Wildman–Crippen MR) is 132 cm³/mol. The van der Waals surface area contributed by atoms with Gasteiger partial charge in [-0.3, -0.25) is 4.99 Å². The summed E-state index contributed by atoms with van der Waals surface area (Å²) >= 11 is 1.85. The summed E-state index contributed by atoms with van der Waals surface area (Å²) in [5, 5.41) is 6.80. The third-order valence-corrected chi connectivity index (χ3v) is 6.12. The van der Waals surface area contributed by atoms with Gasteiger partial charge in [-0.2, -0.15) is 0 Å². The molecule has 1 aromatic carbocycles. The highest BCUT2D eigenvalue weighted by Crippen LogP contribution is 2.23. The first kappa shape index (κ1) is 24.0. The standard InChI is InChI=1S/C22H31N3O2S.HI/c1-4-19-7-8-20(28-19)13-25-22(23-3)24-12-18-6-5-16(2)11-21(18)27-15-17-9-10-26-14-17;/h5-8,11,17H,4,9-10,12-15H2,1-3H3,(H2,23,24,25);1H. The number of hydrogen-bond donors (Lipinski definition) is 2. The van der Waals surface area contributed by atoms with E-state index >= 15 is 0 Å². The molecule has 1 aliphatic rings. The van der Waals surface area contributed by atoms with Crippen molar-refractivity contribution in [2.75, 3.05) is 26.9 Å². The van der Waals surface area contributed by atoms with Crippen molar-refractivity contribution in [3.8, 4) is 5.75 Å². The van der Waals surface area contributed by atoms with Crippen molar-refractivity contribution in [3.63, 3.8) is 0 Å². The lowest BCUT2D eigenvalue weighted by atomic mass is 10.1. The van der Waals surface area contributed by atoms with Crippen LogP contribution in [0.15, 0.2) is 35.3 Å². The molecule has 1 atom stereocenters. The van der Waals surface area contributed by atoms with E-state index in [0.29, 0.717) is 19.1 Å². The van der Waals surface area contributed by atoms with E-state index in [2.05, 4.69) is 59.8 Å². The molecule has 29 heavy (non-hydrogen) atoms. The van der Waals surface area contributed by atoms with Crippen LogP contribution in [0.5, 0.6) is 5.75 Å². The second-order valence-corrected chi connectivity index (χ2v) is 8.41. The van der Waals surface area contributed by atoms with Crippen LogP contribution in [0.25, 0.3) is 0 Å². The number of nitrogens with one attached hydrogen (secondary N) is 2. The Hall–Kier alpha value is -1.32. The fraction of sp³-hybridized carbons (Fsp3) is 0.500. The maximum Gasteiger partial charge on any atom is 0.191 e. The highest BCUT2D eigenvalue weighted by molar-refractivity contribution is 14.0. The second kappa shape index (κ2) is 12.4. The largest absolute Gasteiger partial charge is 0.493 e. The van der Waals surface area contributed by atoms with Crippen molar-refractivity contribution < 1.29 is 9.47 Å². The number of rotatable bonds is 8. The molecule has 1 aliphatic heterocycles. The van der Waals surface area contributed by atoms with Crippen molar-refractivity contribution in [1.29, 1.82) is 0 Å². The zero-order valence-corrected chi connectivity index (χ0v) is 20.6. The number of aryl methyl sites for hydroxylation is 2. The molecule has 1 unspecified atom stereocenters. The van der Waals surface area contributed by atoms with Crippen molar-refractivity contribution in [1.82, 2.24) is 10.6 Å². The maximum absolute atomic E-state index is 6.13. The average Bonchev–Trinajstić information content (AvgIpc) is 3.39. The predicted octanol–water partition coefficient (Wildman–Crippen LogP) is 4.52. The summed E-state index contributed by atoms with van der Waals surface area (Å²) in [5.41, 5.74) is 2.34. The van der Waals surface area contributed by atoms with Gasteiger partial charge in [-0.25, -0.2) is 0 Å². The minimum absolute atomic E-state index is 0. The number of nitrogens with zero attached hydrogens (tertiary/aromatic N) is 1. The molecule has 3 rings (SSSR count). The molecule has 1 saturated heterocycles. The molecule has 2 aromatic rings. The Morgan fingerprint density at radius 2 is 2.00 bits per heavy atom. The number of ether oxygens (including phenoxy) is 2. The van der Waals surface area contributed by atoms with Crippen molar-refractivity contribution in [3.05, 3.63) is 51.2 Å². The molecule has 160 valence electrons. The Kier molecular flexibility index (Phi) is 10.2. The molecule has 0 radical (unpaired) electrons. The van der Waals surface area contributed by atoms with Gasteiger partial charge in [0, 0.05) is 41.4 Å². The van der Waals surface area contributed by atoms with E-state index in [4.69, 9.17) is 9.47 Å². The Bertz CT molecular complexity index is 788. The fourth-order valence-electron chi connectivity index (χ4n) is 3.14. The van der Waals surface area contributed by atoms with Crippen LogP contribution in [-0.4, -0.2) is 32.8 Å². The number of thiophene rings is 1. The average molecular weight is 529 g/mol. The third kappa shape index (κ3) is 7.46. The summed E-state index contributed by atoms with van der Waals surface area (Å²) in [6, 6.07) is 10.7. The van der Waals surface area contributed by atoms with Crippen molar-refractivity contribution in [2.45, 2.75) is 39.8 Å². The zero-order valence-electron chi connectivity index (χ0n) is 17.5. The van der Waals surface area contributed by atoms with E-state index in [0.717, 1.165) is 49.9 Å². The number of halogens is 1. The third-order valence-electron chi connectivity index (χ3n) is 4.89. The highest BCUT2D eigenvalue weighted by atomic mass is 127. The quantitative estimate of drug-likeness (QED) is 0.300. The summed E-state index contributed by atoms with van der Waals surface area (Å²) in [7, 11) is 1.80. The van der Waals surface area contributed by atoms with Crippen LogP contribution >= 0.6 is 35.3 Å². The Morgan fingerprint density at radius 3 is 2.69 bits per heavy atom. The van der Waals surface area contributed by atoms with E-state index < -0.39 is 0 Å². The molecule has 7 heteroatoms. The SMILES string of the molecule is CCc1ccc(CNC(=NC)NCc2ccc(C)cc2OCC2CCOC2)s1.I. The lowest BCUT2D eigenvalue weighted by molar-refractivity contribution is 0.166. The van der Waals surface area contributed by atoms with Crippen LogP contribution in [0.1, 0.15) is 34.2 Å². The van der Waals surface area contributed by atoms with Gasteiger partial charge in [0.25, 0.3) is 0 Å². The smallest absolute Gasteiger partial charge is 0.191 e. The van der Waals surface area contributed by atoms with Gasteiger partial charge in [-0.15, -0.1) is 35.3 Å². The molecule has 2 N–H and O–H groups in total. The maximum atomic E-state index is 6.13. The van der Waals surface area contributed by atoms with Gasteiger partial charge >= 0.3 is 0 Å². The van der Waals surface area contributed by atoms with E-state index in [-0.39, 0.29) is 24.0 Å². The Labute approximate surface area is 195 Å². The fourth-order valence-corrected chi connectivity index (χ4v) is 4.04. The molecule has 5 nitrogen and oxygen atoms in total. The second-order valence-electron chi connectivity index (χ2n) is 7.15. The van der Waals surface area contributed by atoms with Crippen LogP contribution in [-0.2, 0) is 24.2 Å². The molecule has 0 spiro atoms. The highest BCUT2D eigenvalue weighted by Gasteiger charge is 2.17. The van der Waals surface area contributed by atoms with E-state index in [1.54, 1.807) is 7.05 Å². The van der Waals surface area contributed by atoms with Crippen LogP contribution in [0.4, 0.5) is 0 Å². The van der Waals surface area contributed by atoms with Crippen molar-refractivity contribution in [2.24, 2.45) is 10.9 Å². The van der Waals surface area contributed by atoms with E-state index in [1.165, 1.54) is 15.3 Å². The van der Waals surface area contributed by atoms with Gasteiger partial charge < -0.3 is 20.1 Å². The normalized spacial score (nSPS) is 16.4. The zero-order chi connectivity index (χ0) is 19.8. The van der Waals surface area contributed by atoms with Gasteiger partial charge in [0.05, 0.1) is 19.8 Å². The molecule has 0 saturated carbocycles. The molecule has 1 fully saturated rings. The van der Waals surface area contributed by atoms with Crippen LogP contribution in [0, 0.1) is 12.8 Å². The lowest BCUT2D eigenvalue weighted by Crippen LogP contribution is -2.36. The molecular formula is C22H32IN3O2S. The summed E-state index contributed by atoms with van der Waals surface area (Å²) in [4.78, 5) is 7.07. The van der Waals surface area contributed by atoms with Gasteiger partial charge in [-0.1, -0.05) is 19.1 Å². The molecule has 0 bridgehead atoms. The minimum Gasteiger partial charge on any atom is -0.493 e. The van der Waals surface area contributed by atoms with Gasteiger partial charge in [0.2, 0.25) is 0 Å². The summed E-state index contributed by atoms with van der Waals surface area (Å²) in [5.74, 6) is 2.23. The van der Waals surface area contributed by atoms with Gasteiger partial charge in [-0.05, 0) is 43.5 Å². The number of hydrogen-bond acceptors (Lipinski definition) is 4. The van der Waals surface area contributed by atoms with Crippen molar-refractivity contribution >= 4 is 41.3 Å². The summed E-state index contributed by atoms with van der Waals surface area (Å²) in [6.07, 6.45) is 2.17. The van der Waals surface area contributed by atoms with E-state index in [9.17, 15) is 0 Å². The monoisotopic (exact) mass is 529 g/mol. The first-order chi connectivity index (χ1) is 13.7. The first-order valence-electron chi connectivity index (χ1n) is 10.00. The van der Waals surface area contributed by atoms with Gasteiger partial charge in [0.15, 0.2) is 5.96 Å². The van der Waals surface area contributed by atoms with E-state index in [1.807, 2.05) is 11.3 Å². The molecular weight excluding hydrogens is 497 g/mol. The van der Waals surface area contributed by atoms with Gasteiger partial charge in [0.1, 0.15) is 5.75 Å². The number of guanidine groups is 1. The van der Waals surface area contributed by atoms with Crippen LogP contribution < -0.4 is 15.4 Å². The van der Waals surface area contributed by atoms with Crippen LogP contribution in [0.3, 0.4) is 0 Å².